The summed E-state index contributed by atoms with van der Waals surface area (Å²) in [5.41, 5.74) is 0.530. The fourth-order valence-corrected chi connectivity index (χ4v) is 2.62. The van der Waals surface area contributed by atoms with Crippen molar-refractivity contribution in [2.75, 3.05) is 0 Å². The number of rotatable bonds is 7. The Morgan fingerprint density at radius 3 is 2.80 bits per heavy atom. The lowest BCUT2D eigenvalue weighted by molar-refractivity contribution is -0.139. The second-order valence-electron chi connectivity index (χ2n) is 5.19. The van der Waals surface area contributed by atoms with Gasteiger partial charge in [0.25, 0.3) is 5.91 Å². The number of carboxylic acid groups (broad SMARTS) is 1. The summed E-state index contributed by atoms with van der Waals surface area (Å²) >= 11 is 3.37. The van der Waals surface area contributed by atoms with Crippen molar-refractivity contribution in [2.45, 2.75) is 51.1 Å². The lowest BCUT2D eigenvalue weighted by Gasteiger charge is -2.15. The normalized spacial score (nSPS) is 15.9. The van der Waals surface area contributed by atoms with Crippen LogP contribution in [-0.2, 0) is 4.79 Å². The van der Waals surface area contributed by atoms with Crippen molar-refractivity contribution in [3.05, 3.63) is 22.4 Å². The predicted octanol–water partition coefficient (Wildman–Crippen LogP) is 2.96. The molecule has 1 aromatic rings. The molecule has 1 aliphatic carbocycles. The highest BCUT2D eigenvalue weighted by atomic mass is 79.9. The molecule has 0 spiro atoms. The van der Waals surface area contributed by atoms with Crippen molar-refractivity contribution >= 4 is 27.8 Å². The van der Waals surface area contributed by atoms with E-state index in [1.165, 1.54) is 0 Å². The fraction of sp³-hybridized carbons (Fsp3) is 0.571. The van der Waals surface area contributed by atoms with Gasteiger partial charge in [-0.3, -0.25) is 4.79 Å². The topological polar surface area (TPSA) is 71.3 Å². The number of halogens is 1. The van der Waals surface area contributed by atoms with Gasteiger partial charge in [0.1, 0.15) is 11.7 Å². The van der Waals surface area contributed by atoms with Crippen LogP contribution in [0.25, 0.3) is 0 Å². The van der Waals surface area contributed by atoms with Crippen molar-refractivity contribution in [3.8, 4) is 0 Å². The molecule has 0 bridgehead atoms. The number of nitrogens with zero attached hydrogens (tertiary/aromatic N) is 1. The molecule has 1 atom stereocenters. The maximum Gasteiger partial charge on any atom is 0.326 e. The highest BCUT2D eigenvalue weighted by molar-refractivity contribution is 9.10. The highest BCUT2D eigenvalue weighted by Crippen LogP contribution is 2.37. The second-order valence-corrected chi connectivity index (χ2v) is 6.10. The van der Waals surface area contributed by atoms with Crippen molar-refractivity contribution in [2.24, 2.45) is 0 Å². The number of nitrogens with one attached hydrogen (secondary N) is 1. The Morgan fingerprint density at radius 2 is 2.25 bits per heavy atom. The Morgan fingerprint density at radius 1 is 1.55 bits per heavy atom. The monoisotopic (exact) mass is 342 g/mol. The molecule has 1 amide bonds. The molecular formula is C14H19BrN2O3. The van der Waals surface area contributed by atoms with Gasteiger partial charge in [0, 0.05) is 16.7 Å². The van der Waals surface area contributed by atoms with Gasteiger partial charge in [-0.2, -0.15) is 0 Å². The van der Waals surface area contributed by atoms with Crippen LogP contribution < -0.4 is 5.32 Å². The number of carbonyl (C=O) groups excluding carboxylic acids is 1. The van der Waals surface area contributed by atoms with E-state index in [-0.39, 0.29) is 5.91 Å². The minimum absolute atomic E-state index is 0.314. The molecule has 5 nitrogen and oxygen atoms in total. The number of carboxylic acids is 1. The zero-order chi connectivity index (χ0) is 14.7. The summed E-state index contributed by atoms with van der Waals surface area (Å²) in [6, 6.07) is 1.30. The van der Waals surface area contributed by atoms with Crippen LogP contribution >= 0.6 is 15.9 Å². The van der Waals surface area contributed by atoms with Gasteiger partial charge in [0.15, 0.2) is 0 Å². The maximum atomic E-state index is 12.3. The van der Waals surface area contributed by atoms with E-state index in [0.29, 0.717) is 18.2 Å². The van der Waals surface area contributed by atoms with Crippen molar-refractivity contribution < 1.29 is 14.7 Å². The van der Waals surface area contributed by atoms with Crippen LogP contribution in [0, 0.1) is 0 Å². The van der Waals surface area contributed by atoms with E-state index in [4.69, 9.17) is 5.11 Å². The zero-order valence-corrected chi connectivity index (χ0v) is 13.0. The van der Waals surface area contributed by atoms with Crippen LogP contribution in [0.5, 0.6) is 0 Å². The summed E-state index contributed by atoms with van der Waals surface area (Å²) < 4.78 is 2.77. The van der Waals surface area contributed by atoms with Gasteiger partial charge in [-0.15, -0.1) is 0 Å². The average molecular weight is 343 g/mol. The first-order valence-corrected chi connectivity index (χ1v) is 7.73. The Bertz CT molecular complexity index is 509. The Labute approximate surface area is 126 Å². The van der Waals surface area contributed by atoms with Gasteiger partial charge in [-0.1, -0.05) is 19.8 Å². The molecule has 1 aromatic heterocycles. The van der Waals surface area contributed by atoms with Gasteiger partial charge < -0.3 is 15.0 Å². The molecule has 0 aliphatic heterocycles. The van der Waals surface area contributed by atoms with Crippen LogP contribution in [0.4, 0.5) is 0 Å². The van der Waals surface area contributed by atoms with Gasteiger partial charge >= 0.3 is 5.97 Å². The first-order chi connectivity index (χ1) is 9.52. The molecule has 0 radical (unpaired) electrons. The molecule has 2 rings (SSSR count). The molecule has 110 valence electrons. The van der Waals surface area contributed by atoms with Gasteiger partial charge in [0.2, 0.25) is 0 Å². The van der Waals surface area contributed by atoms with E-state index in [9.17, 15) is 9.59 Å². The van der Waals surface area contributed by atoms with E-state index in [0.717, 1.165) is 30.2 Å². The Balaban J connectivity index is 2.08. The minimum Gasteiger partial charge on any atom is -0.480 e. The SMILES string of the molecule is CCCCC(NC(=O)c1cc(Br)cn1C1CC1)C(=O)O. The van der Waals surface area contributed by atoms with E-state index in [2.05, 4.69) is 21.2 Å². The number of aliphatic carboxylic acids is 1. The number of hydrogen-bond acceptors (Lipinski definition) is 2. The summed E-state index contributed by atoms with van der Waals surface area (Å²) in [6.45, 7) is 2.00. The van der Waals surface area contributed by atoms with Crippen molar-refractivity contribution in [1.29, 1.82) is 0 Å². The zero-order valence-electron chi connectivity index (χ0n) is 11.4. The number of carbonyl (C=O) groups is 2. The Hall–Kier alpha value is -1.30. The lowest BCUT2D eigenvalue weighted by Crippen LogP contribution is -2.41. The second kappa shape index (κ2) is 6.43. The van der Waals surface area contributed by atoms with Crippen LogP contribution in [0.15, 0.2) is 16.7 Å². The molecule has 1 aliphatic rings. The highest BCUT2D eigenvalue weighted by Gasteiger charge is 2.29. The summed E-state index contributed by atoms with van der Waals surface area (Å²) in [5.74, 6) is -1.29. The van der Waals surface area contributed by atoms with E-state index in [1.54, 1.807) is 6.07 Å². The van der Waals surface area contributed by atoms with Crippen LogP contribution in [0.1, 0.15) is 55.6 Å². The standard InChI is InChI=1S/C14H19BrN2O3/c1-2-3-4-11(14(19)20)16-13(18)12-7-9(15)8-17(12)10-5-6-10/h7-8,10-11H,2-6H2,1H3,(H,16,18)(H,19,20). The smallest absolute Gasteiger partial charge is 0.326 e. The third kappa shape index (κ3) is 3.62. The van der Waals surface area contributed by atoms with Gasteiger partial charge in [-0.25, -0.2) is 4.79 Å². The third-order valence-electron chi connectivity index (χ3n) is 3.44. The molecule has 1 unspecified atom stereocenters. The summed E-state index contributed by atoms with van der Waals surface area (Å²) in [5, 5.41) is 11.8. The van der Waals surface area contributed by atoms with Crippen LogP contribution in [-0.4, -0.2) is 27.6 Å². The molecule has 20 heavy (non-hydrogen) atoms. The quantitative estimate of drug-likeness (QED) is 0.800. The number of unbranched alkanes of at least 4 members (excludes halogenated alkanes) is 1. The number of aromatic nitrogens is 1. The molecule has 0 aromatic carbocycles. The summed E-state index contributed by atoms with van der Waals surface area (Å²) in [6.07, 6.45) is 6.17. The maximum absolute atomic E-state index is 12.3. The molecule has 1 saturated carbocycles. The number of hydrogen-bond donors (Lipinski definition) is 2. The predicted molar refractivity (Wildman–Crippen MR) is 78.8 cm³/mol. The third-order valence-corrected chi connectivity index (χ3v) is 3.87. The Kier molecular flexibility index (Phi) is 4.86. The molecule has 2 N–H and O–H groups in total. The minimum atomic E-state index is -0.976. The van der Waals surface area contributed by atoms with Gasteiger partial charge in [-0.05, 0) is 41.3 Å². The molecular weight excluding hydrogens is 324 g/mol. The first kappa shape index (κ1) is 15.1. The van der Waals surface area contributed by atoms with E-state index >= 15 is 0 Å². The molecule has 1 heterocycles. The van der Waals surface area contributed by atoms with Crippen molar-refractivity contribution in [1.82, 2.24) is 9.88 Å². The molecule has 0 saturated heterocycles. The summed E-state index contributed by atoms with van der Waals surface area (Å²) in [7, 11) is 0. The van der Waals surface area contributed by atoms with Crippen LogP contribution in [0.2, 0.25) is 0 Å². The van der Waals surface area contributed by atoms with Crippen LogP contribution in [0.3, 0.4) is 0 Å². The first-order valence-electron chi connectivity index (χ1n) is 6.94. The molecule has 6 heteroatoms. The van der Waals surface area contributed by atoms with Gasteiger partial charge in [0.05, 0.1) is 0 Å². The fourth-order valence-electron chi connectivity index (χ4n) is 2.18. The number of amides is 1. The molecule has 1 fully saturated rings. The average Bonchev–Trinajstić information content (AvgIpc) is 3.16. The lowest BCUT2D eigenvalue weighted by atomic mass is 10.1. The van der Waals surface area contributed by atoms with E-state index < -0.39 is 12.0 Å². The van der Waals surface area contributed by atoms with Crippen molar-refractivity contribution in [3.63, 3.8) is 0 Å². The summed E-state index contributed by atoms with van der Waals surface area (Å²) in [4.78, 5) is 23.5. The largest absolute Gasteiger partial charge is 0.480 e. The van der Waals surface area contributed by atoms with E-state index in [1.807, 2.05) is 17.7 Å².